The van der Waals surface area contributed by atoms with Gasteiger partial charge in [0.1, 0.15) is 17.3 Å². The predicted octanol–water partition coefficient (Wildman–Crippen LogP) is 1.93. The van der Waals surface area contributed by atoms with E-state index in [1.165, 1.54) is 4.57 Å². The van der Waals surface area contributed by atoms with Gasteiger partial charge in [-0.1, -0.05) is 0 Å². The number of carbonyl (C=O) groups is 1. The van der Waals surface area contributed by atoms with Crippen molar-refractivity contribution in [2.75, 3.05) is 0 Å². The third-order valence-corrected chi connectivity index (χ3v) is 3.35. The van der Waals surface area contributed by atoms with Crippen LogP contribution < -0.4 is 0 Å². The van der Waals surface area contributed by atoms with Gasteiger partial charge in [-0.25, -0.2) is 9.78 Å². The second kappa shape index (κ2) is 4.25. The number of carboxylic acid groups (broad SMARTS) is 1. The van der Waals surface area contributed by atoms with Crippen molar-refractivity contribution in [3.05, 3.63) is 46.9 Å². The third-order valence-electron chi connectivity index (χ3n) is 3.35. The van der Waals surface area contributed by atoms with E-state index in [1.807, 2.05) is 6.07 Å². The Morgan fingerprint density at radius 2 is 2.32 bits per heavy atom. The van der Waals surface area contributed by atoms with Crippen molar-refractivity contribution in [2.24, 2.45) is 0 Å². The van der Waals surface area contributed by atoms with Crippen LogP contribution in [0.3, 0.4) is 0 Å². The SMILES string of the molecule is N#Cc1cccn1-c1nc2c(cc1C(=O)O)CCC2. The predicted molar refractivity (Wildman–Crippen MR) is 67.3 cm³/mol. The standard InChI is InChI=1S/C14H11N3O2/c15-8-10-4-2-6-17(10)13-11(14(18)19)7-9-3-1-5-12(9)16-13/h2,4,6-7H,1,3,5H2,(H,18,19). The highest BCUT2D eigenvalue weighted by Gasteiger charge is 2.21. The summed E-state index contributed by atoms with van der Waals surface area (Å²) < 4.78 is 1.53. The summed E-state index contributed by atoms with van der Waals surface area (Å²) in [4.78, 5) is 15.8. The van der Waals surface area contributed by atoms with Gasteiger partial charge in [-0.2, -0.15) is 5.26 Å². The molecule has 0 amide bonds. The Balaban J connectivity index is 2.26. The first-order valence-corrected chi connectivity index (χ1v) is 6.04. The minimum atomic E-state index is -1.02. The molecule has 1 aliphatic carbocycles. The number of pyridine rings is 1. The lowest BCUT2D eigenvalue weighted by atomic mass is 10.1. The van der Waals surface area contributed by atoms with E-state index in [-0.39, 0.29) is 5.56 Å². The summed E-state index contributed by atoms with van der Waals surface area (Å²) in [5, 5.41) is 18.4. The Hall–Kier alpha value is -2.61. The van der Waals surface area contributed by atoms with Crippen molar-refractivity contribution >= 4 is 5.97 Å². The zero-order valence-corrected chi connectivity index (χ0v) is 10.1. The molecule has 0 aliphatic heterocycles. The van der Waals surface area contributed by atoms with Gasteiger partial charge >= 0.3 is 5.97 Å². The molecule has 2 heterocycles. The molecule has 0 saturated heterocycles. The van der Waals surface area contributed by atoms with E-state index in [1.54, 1.807) is 24.4 Å². The zero-order chi connectivity index (χ0) is 13.4. The number of nitriles is 1. The lowest BCUT2D eigenvalue weighted by molar-refractivity contribution is 0.0696. The molecular formula is C14H11N3O2. The summed E-state index contributed by atoms with van der Waals surface area (Å²) in [5.41, 5.74) is 2.48. The van der Waals surface area contributed by atoms with Crippen LogP contribution in [0.4, 0.5) is 0 Å². The second-order valence-electron chi connectivity index (χ2n) is 4.50. The number of fused-ring (bicyclic) bond motifs is 1. The first kappa shape index (κ1) is 11.5. The maximum absolute atomic E-state index is 11.4. The van der Waals surface area contributed by atoms with E-state index in [2.05, 4.69) is 4.98 Å². The van der Waals surface area contributed by atoms with Crippen LogP contribution >= 0.6 is 0 Å². The Labute approximate surface area is 109 Å². The van der Waals surface area contributed by atoms with Gasteiger partial charge in [0.05, 0.1) is 0 Å². The first-order chi connectivity index (χ1) is 9.20. The molecule has 5 nitrogen and oxygen atoms in total. The number of aryl methyl sites for hydroxylation is 2. The van der Waals surface area contributed by atoms with E-state index < -0.39 is 5.97 Å². The molecule has 3 rings (SSSR count). The Bertz CT molecular complexity index is 710. The second-order valence-corrected chi connectivity index (χ2v) is 4.50. The molecule has 2 aromatic rings. The molecule has 0 radical (unpaired) electrons. The fourth-order valence-corrected chi connectivity index (χ4v) is 2.46. The summed E-state index contributed by atoms with van der Waals surface area (Å²) in [6, 6.07) is 7.07. The van der Waals surface area contributed by atoms with Gasteiger partial charge in [0, 0.05) is 11.9 Å². The zero-order valence-electron chi connectivity index (χ0n) is 10.1. The highest BCUT2D eigenvalue weighted by atomic mass is 16.4. The molecule has 1 aliphatic rings. The molecular weight excluding hydrogens is 242 g/mol. The largest absolute Gasteiger partial charge is 0.478 e. The smallest absolute Gasteiger partial charge is 0.339 e. The summed E-state index contributed by atoms with van der Waals surface area (Å²) >= 11 is 0. The van der Waals surface area contributed by atoms with Crippen molar-refractivity contribution in [2.45, 2.75) is 19.3 Å². The van der Waals surface area contributed by atoms with Crippen molar-refractivity contribution < 1.29 is 9.90 Å². The number of nitrogens with zero attached hydrogens (tertiary/aromatic N) is 3. The van der Waals surface area contributed by atoms with Crippen molar-refractivity contribution in [1.29, 1.82) is 5.26 Å². The number of hydrogen-bond acceptors (Lipinski definition) is 3. The fraction of sp³-hybridized carbons (Fsp3) is 0.214. The van der Waals surface area contributed by atoms with E-state index >= 15 is 0 Å². The van der Waals surface area contributed by atoms with Gasteiger partial charge in [0.2, 0.25) is 0 Å². The number of aromatic carboxylic acids is 1. The van der Waals surface area contributed by atoms with Gasteiger partial charge in [0.15, 0.2) is 5.82 Å². The highest BCUT2D eigenvalue weighted by Crippen LogP contribution is 2.25. The van der Waals surface area contributed by atoms with Crippen molar-refractivity contribution in [3.8, 4) is 11.9 Å². The van der Waals surface area contributed by atoms with Crippen LogP contribution in [-0.4, -0.2) is 20.6 Å². The summed E-state index contributed by atoms with van der Waals surface area (Å²) in [6.07, 6.45) is 4.40. The average Bonchev–Trinajstić information content (AvgIpc) is 3.04. The molecule has 0 saturated carbocycles. The molecule has 0 fully saturated rings. The lowest BCUT2D eigenvalue weighted by Crippen LogP contribution is -2.10. The average molecular weight is 253 g/mol. The number of carboxylic acids is 1. The van der Waals surface area contributed by atoms with Gasteiger partial charge in [0.25, 0.3) is 0 Å². The lowest BCUT2D eigenvalue weighted by Gasteiger charge is -2.10. The maximum atomic E-state index is 11.4. The minimum absolute atomic E-state index is 0.147. The molecule has 19 heavy (non-hydrogen) atoms. The Morgan fingerprint density at radius 1 is 1.47 bits per heavy atom. The third kappa shape index (κ3) is 1.78. The van der Waals surface area contributed by atoms with Crippen LogP contribution in [0.5, 0.6) is 0 Å². The number of aromatic nitrogens is 2. The molecule has 0 bridgehead atoms. The molecule has 94 valence electrons. The Morgan fingerprint density at radius 3 is 3.05 bits per heavy atom. The monoisotopic (exact) mass is 253 g/mol. The first-order valence-electron chi connectivity index (χ1n) is 6.04. The minimum Gasteiger partial charge on any atom is -0.478 e. The summed E-state index contributed by atoms with van der Waals surface area (Å²) in [6.45, 7) is 0. The van der Waals surface area contributed by atoms with Crippen LogP contribution in [0.25, 0.3) is 5.82 Å². The number of hydrogen-bond donors (Lipinski definition) is 1. The van der Waals surface area contributed by atoms with Gasteiger partial charge < -0.3 is 5.11 Å². The Kier molecular flexibility index (Phi) is 2.57. The van der Waals surface area contributed by atoms with Crippen LogP contribution in [0.1, 0.15) is 33.7 Å². The van der Waals surface area contributed by atoms with E-state index in [0.717, 1.165) is 30.5 Å². The highest BCUT2D eigenvalue weighted by molar-refractivity contribution is 5.91. The molecule has 0 atom stereocenters. The summed E-state index contributed by atoms with van der Waals surface area (Å²) in [5.74, 6) is -0.690. The molecule has 0 aromatic carbocycles. The maximum Gasteiger partial charge on any atom is 0.339 e. The van der Waals surface area contributed by atoms with E-state index in [0.29, 0.717) is 11.5 Å². The van der Waals surface area contributed by atoms with Crippen LogP contribution in [0, 0.1) is 11.3 Å². The van der Waals surface area contributed by atoms with Crippen LogP contribution in [0.2, 0.25) is 0 Å². The van der Waals surface area contributed by atoms with Crippen molar-refractivity contribution in [3.63, 3.8) is 0 Å². The van der Waals surface area contributed by atoms with E-state index in [4.69, 9.17) is 5.26 Å². The van der Waals surface area contributed by atoms with Crippen LogP contribution in [-0.2, 0) is 12.8 Å². The number of rotatable bonds is 2. The normalized spacial score (nSPS) is 13.0. The quantitative estimate of drug-likeness (QED) is 0.886. The topological polar surface area (TPSA) is 78.9 Å². The fourth-order valence-electron chi connectivity index (χ4n) is 2.46. The van der Waals surface area contributed by atoms with Gasteiger partial charge in [-0.15, -0.1) is 0 Å². The van der Waals surface area contributed by atoms with E-state index in [9.17, 15) is 9.90 Å². The van der Waals surface area contributed by atoms with Gasteiger partial charge in [-0.3, -0.25) is 4.57 Å². The summed E-state index contributed by atoms with van der Waals surface area (Å²) in [7, 11) is 0. The molecule has 0 unspecified atom stereocenters. The van der Waals surface area contributed by atoms with Gasteiger partial charge in [-0.05, 0) is 43.0 Å². The van der Waals surface area contributed by atoms with Crippen LogP contribution in [0.15, 0.2) is 24.4 Å². The molecule has 2 aromatic heterocycles. The molecule has 0 spiro atoms. The molecule has 5 heteroatoms. The molecule has 1 N–H and O–H groups in total. The van der Waals surface area contributed by atoms with Crippen molar-refractivity contribution in [1.82, 2.24) is 9.55 Å².